The van der Waals surface area contributed by atoms with Gasteiger partial charge in [-0.25, -0.2) is 4.79 Å². The molecule has 0 saturated heterocycles. The second-order valence-electron chi connectivity index (χ2n) is 3.13. The summed E-state index contributed by atoms with van der Waals surface area (Å²) in [5.41, 5.74) is 1.29. The van der Waals surface area contributed by atoms with Crippen LogP contribution in [0, 0.1) is 6.92 Å². The molecule has 1 heterocycles. The Labute approximate surface area is 80.0 Å². The van der Waals surface area contributed by atoms with E-state index in [1.54, 1.807) is 31.2 Å². The van der Waals surface area contributed by atoms with Gasteiger partial charge in [0.15, 0.2) is 0 Å². The number of fused-ring (bicyclic) bond motifs is 1. The average Bonchev–Trinajstić information content (AvgIpc) is 2.19. The summed E-state index contributed by atoms with van der Waals surface area (Å²) in [6, 6.07) is 6.65. The van der Waals surface area contributed by atoms with Crippen molar-refractivity contribution in [1.29, 1.82) is 0 Å². The number of hydrogen-bond acceptors (Lipinski definition) is 3. The zero-order valence-corrected chi connectivity index (χ0v) is 7.61. The third-order valence-electron chi connectivity index (χ3n) is 2.07. The molecule has 0 bridgehead atoms. The molecule has 0 aliphatic rings. The number of benzene rings is 1. The fraction of sp³-hybridized carbons (Fsp3) is 0.0909. The van der Waals surface area contributed by atoms with Crippen molar-refractivity contribution >= 4 is 17.3 Å². The Bertz CT molecular complexity index is 552. The van der Waals surface area contributed by atoms with E-state index >= 15 is 0 Å². The molecule has 1 aromatic heterocycles. The fourth-order valence-electron chi connectivity index (χ4n) is 1.32. The molecule has 3 nitrogen and oxygen atoms in total. The van der Waals surface area contributed by atoms with Gasteiger partial charge in [0.25, 0.3) is 0 Å². The molecule has 0 amide bonds. The lowest BCUT2D eigenvalue weighted by atomic mass is 10.1. The van der Waals surface area contributed by atoms with Crippen molar-refractivity contribution < 1.29 is 9.21 Å². The van der Waals surface area contributed by atoms with E-state index in [2.05, 4.69) is 0 Å². The van der Waals surface area contributed by atoms with Crippen molar-refractivity contribution in [3.05, 3.63) is 45.8 Å². The second kappa shape index (κ2) is 3.10. The molecule has 2 rings (SSSR count). The molecular weight excluding hydrogens is 180 g/mol. The molecule has 0 atom stereocenters. The van der Waals surface area contributed by atoms with E-state index in [1.165, 1.54) is 0 Å². The molecule has 0 unspecified atom stereocenters. The van der Waals surface area contributed by atoms with E-state index in [0.29, 0.717) is 16.7 Å². The van der Waals surface area contributed by atoms with Crippen LogP contribution in [0.1, 0.15) is 15.9 Å². The third kappa shape index (κ3) is 1.33. The van der Waals surface area contributed by atoms with Crippen molar-refractivity contribution in [2.75, 3.05) is 0 Å². The third-order valence-corrected chi connectivity index (χ3v) is 2.07. The van der Waals surface area contributed by atoms with Gasteiger partial charge in [0, 0.05) is 16.5 Å². The summed E-state index contributed by atoms with van der Waals surface area (Å²) < 4.78 is 5.02. The molecule has 0 aliphatic heterocycles. The molecule has 14 heavy (non-hydrogen) atoms. The Kier molecular flexibility index (Phi) is 1.93. The van der Waals surface area contributed by atoms with Gasteiger partial charge in [-0.05, 0) is 31.2 Å². The van der Waals surface area contributed by atoms with Crippen molar-refractivity contribution in [2.45, 2.75) is 6.92 Å². The van der Waals surface area contributed by atoms with E-state index in [-0.39, 0.29) is 5.63 Å². The maximum Gasteiger partial charge on any atom is 0.339 e. The molecule has 1 aromatic carbocycles. The van der Waals surface area contributed by atoms with Gasteiger partial charge in [0.05, 0.1) is 0 Å². The van der Waals surface area contributed by atoms with Crippen molar-refractivity contribution in [3.8, 4) is 0 Å². The first kappa shape index (κ1) is 8.69. The minimum Gasteiger partial charge on any atom is -0.423 e. The van der Waals surface area contributed by atoms with Crippen LogP contribution < -0.4 is 5.63 Å². The zero-order chi connectivity index (χ0) is 10.1. The topological polar surface area (TPSA) is 47.3 Å². The van der Waals surface area contributed by atoms with Crippen LogP contribution in [0.2, 0.25) is 0 Å². The van der Waals surface area contributed by atoms with Crippen LogP contribution in [0.5, 0.6) is 0 Å². The Balaban J connectivity index is 2.83. The van der Waals surface area contributed by atoms with E-state index in [1.807, 2.05) is 0 Å². The summed E-state index contributed by atoms with van der Waals surface area (Å²) in [6.45, 7) is 1.68. The average molecular weight is 188 g/mol. The van der Waals surface area contributed by atoms with Crippen LogP contribution in [0.3, 0.4) is 0 Å². The zero-order valence-electron chi connectivity index (χ0n) is 7.61. The highest BCUT2D eigenvalue weighted by molar-refractivity contribution is 5.85. The van der Waals surface area contributed by atoms with Crippen LogP contribution in [0.15, 0.2) is 33.5 Å². The lowest BCUT2D eigenvalue weighted by Gasteiger charge is -1.98. The summed E-state index contributed by atoms with van der Waals surface area (Å²) in [7, 11) is 0. The monoisotopic (exact) mass is 188 g/mol. The quantitative estimate of drug-likeness (QED) is 0.507. The molecule has 0 radical (unpaired) electrons. The molecule has 0 fully saturated rings. The smallest absolute Gasteiger partial charge is 0.339 e. The first-order valence-corrected chi connectivity index (χ1v) is 4.20. The van der Waals surface area contributed by atoms with Crippen molar-refractivity contribution in [1.82, 2.24) is 0 Å². The Morgan fingerprint density at radius 1 is 1.29 bits per heavy atom. The number of carbonyl (C=O) groups excluding carboxylic acids is 1. The van der Waals surface area contributed by atoms with Gasteiger partial charge in [0.2, 0.25) is 0 Å². The van der Waals surface area contributed by atoms with Crippen molar-refractivity contribution in [2.24, 2.45) is 0 Å². The summed E-state index contributed by atoms with van der Waals surface area (Å²) in [4.78, 5) is 21.7. The lowest BCUT2D eigenvalue weighted by Crippen LogP contribution is -2.01. The summed E-state index contributed by atoms with van der Waals surface area (Å²) in [5, 5.41) is 0.770. The highest BCUT2D eigenvalue weighted by Gasteiger charge is 2.01. The second-order valence-corrected chi connectivity index (χ2v) is 3.13. The van der Waals surface area contributed by atoms with Crippen LogP contribution in [-0.4, -0.2) is 6.29 Å². The van der Waals surface area contributed by atoms with Gasteiger partial charge in [-0.3, -0.25) is 4.79 Å². The van der Waals surface area contributed by atoms with Gasteiger partial charge in [-0.15, -0.1) is 0 Å². The van der Waals surface area contributed by atoms with E-state index < -0.39 is 0 Å². The van der Waals surface area contributed by atoms with E-state index in [4.69, 9.17) is 4.42 Å². The predicted molar refractivity (Wildman–Crippen MR) is 52.6 cm³/mol. The maximum absolute atomic E-state index is 11.2. The standard InChI is InChI=1S/C11H8O3/c1-7-4-9-5-8(6-12)2-3-10(9)14-11(7)13/h2-6H,1H3. The molecule has 0 saturated carbocycles. The molecule has 0 N–H and O–H groups in total. The van der Waals surface area contributed by atoms with Gasteiger partial charge >= 0.3 is 5.63 Å². The van der Waals surface area contributed by atoms with Crippen molar-refractivity contribution in [3.63, 3.8) is 0 Å². The number of aryl methyl sites for hydroxylation is 1. The number of hydrogen-bond donors (Lipinski definition) is 0. The summed E-state index contributed by atoms with van der Waals surface area (Å²) in [6.07, 6.45) is 0.764. The minimum atomic E-state index is -0.337. The maximum atomic E-state index is 11.2. The summed E-state index contributed by atoms with van der Waals surface area (Å²) in [5.74, 6) is 0. The SMILES string of the molecule is Cc1cc2cc(C=O)ccc2oc1=O. The molecule has 70 valence electrons. The highest BCUT2D eigenvalue weighted by atomic mass is 16.4. The molecule has 2 aromatic rings. The Morgan fingerprint density at radius 3 is 2.79 bits per heavy atom. The number of carbonyl (C=O) groups is 1. The van der Waals surface area contributed by atoms with Gasteiger partial charge in [-0.2, -0.15) is 0 Å². The normalized spacial score (nSPS) is 10.4. The largest absolute Gasteiger partial charge is 0.423 e. The molecule has 0 aliphatic carbocycles. The van der Waals surface area contributed by atoms with E-state index in [9.17, 15) is 9.59 Å². The fourth-order valence-corrected chi connectivity index (χ4v) is 1.32. The molecule has 0 spiro atoms. The van der Waals surface area contributed by atoms with Gasteiger partial charge < -0.3 is 4.42 Å². The Hall–Kier alpha value is -1.90. The highest BCUT2D eigenvalue weighted by Crippen LogP contribution is 2.14. The van der Waals surface area contributed by atoms with Crippen LogP contribution >= 0.6 is 0 Å². The molecular formula is C11H8O3. The minimum absolute atomic E-state index is 0.337. The molecule has 3 heteroatoms. The number of rotatable bonds is 1. The first-order chi connectivity index (χ1) is 6.70. The van der Waals surface area contributed by atoms with Crippen LogP contribution in [-0.2, 0) is 0 Å². The number of aldehydes is 1. The Morgan fingerprint density at radius 2 is 2.07 bits per heavy atom. The predicted octanol–water partition coefficient (Wildman–Crippen LogP) is 1.91. The van der Waals surface area contributed by atoms with Crippen LogP contribution in [0.4, 0.5) is 0 Å². The lowest BCUT2D eigenvalue weighted by molar-refractivity contribution is 0.112. The van der Waals surface area contributed by atoms with Crippen LogP contribution in [0.25, 0.3) is 11.0 Å². The summed E-state index contributed by atoms with van der Waals surface area (Å²) >= 11 is 0. The van der Waals surface area contributed by atoms with E-state index in [0.717, 1.165) is 11.7 Å². The first-order valence-electron chi connectivity index (χ1n) is 4.20. The van der Waals surface area contributed by atoms with Gasteiger partial charge in [-0.1, -0.05) is 0 Å². The van der Waals surface area contributed by atoms with Gasteiger partial charge in [0.1, 0.15) is 11.9 Å².